The maximum Gasteiger partial charge on any atom is 0.412 e. The van der Waals surface area contributed by atoms with E-state index in [0.717, 1.165) is 11.1 Å². The van der Waals surface area contributed by atoms with Crippen LogP contribution in [-0.4, -0.2) is 38.9 Å². The summed E-state index contributed by atoms with van der Waals surface area (Å²) in [5.41, 5.74) is 4.24. The van der Waals surface area contributed by atoms with E-state index in [4.69, 9.17) is 16.3 Å². The summed E-state index contributed by atoms with van der Waals surface area (Å²) < 4.78 is 7.20. The molecule has 9 nitrogen and oxygen atoms in total. The van der Waals surface area contributed by atoms with Gasteiger partial charge in [0.25, 0.3) is 5.91 Å². The zero-order valence-corrected chi connectivity index (χ0v) is 23.0. The highest BCUT2D eigenvalue weighted by Crippen LogP contribution is 2.30. The van der Waals surface area contributed by atoms with E-state index in [1.54, 1.807) is 67.2 Å². The Labute approximate surface area is 236 Å². The molecular weight excluding hydrogens is 532 g/mol. The lowest BCUT2D eigenvalue weighted by molar-refractivity contribution is -0.139. The van der Waals surface area contributed by atoms with E-state index in [-0.39, 0.29) is 12.0 Å². The summed E-state index contributed by atoms with van der Waals surface area (Å²) in [6.07, 6.45) is -0.962. The Morgan fingerprint density at radius 2 is 1.65 bits per heavy atom. The van der Waals surface area contributed by atoms with Crippen LogP contribution in [0.4, 0.5) is 10.5 Å². The van der Waals surface area contributed by atoms with Crippen LogP contribution >= 0.6 is 11.6 Å². The highest BCUT2D eigenvalue weighted by atomic mass is 35.5. The van der Waals surface area contributed by atoms with Crippen LogP contribution in [-0.2, 0) is 23.0 Å². The minimum Gasteiger partial charge on any atom is -0.480 e. The van der Waals surface area contributed by atoms with Crippen LogP contribution in [0.25, 0.3) is 11.3 Å². The number of aryl methyl sites for hydroxylation is 1. The number of hydrogen-bond acceptors (Lipinski definition) is 5. The fraction of sp³-hybridized carbons (Fsp3) is 0.200. The van der Waals surface area contributed by atoms with Crippen LogP contribution in [0.3, 0.4) is 0 Å². The van der Waals surface area contributed by atoms with Crippen LogP contribution in [0.1, 0.15) is 40.2 Å². The lowest BCUT2D eigenvalue weighted by Crippen LogP contribution is -2.42. The van der Waals surface area contributed by atoms with Crippen molar-refractivity contribution in [2.24, 2.45) is 7.05 Å². The Balaban J connectivity index is 1.46. The average molecular weight is 561 g/mol. The molecule has 10 heteroatoms. The second-order valence-corrected chi connectivity index (χ2v) is 9.72. The van der Waals surface area contributed by atoms with Crippen molar-refractivity contribution in [3.63, 3.8) is 0 Å². The van der Waals surface area contributed by atoms with E-state index in [0.29, 0.717) is 27.7 Å². The van der Waals surface area contributed by atoms with Crippen molar-refractivity contribution in [3.05, 3.63) is 106 Å². The number of nitrogens with one attached hydrogen (secondary N) is 2. The SMILES string of the molecule is Cc1c(NC(=O)O[C@H](C)c2ccccc2)c(-c2ccc(C(=O)N[C@H](Cc3ccc(Cl)cc3)C(=O)O)cc2)nn1C. The summed E-state index contributed by atoms with van der Waals surface area (Å²) in [6, 6.07) is 21.6. The first-order valence-corrected chi connectivity index (χ1v) is 12.9. The van der Waals surface area contributed by atoms with Gasteiger partial charge in [-0.2, -0.15) is 5.10 Å². The van der Waals surface area contributed by atoms with Crippen LogP contribution in [0.15, 0.2) is 78.9 Å². The van der Waals surface area contributed by atoms with E-state index in [1.165, 1.54) is 0 Å². The topological polar surface area (TPSA) is 123 Å². The normalized spacial score (nSPS) is 12.3. The summed E-state index contributed by atoms with van der Waals surface area (Å²) in [5.74, 6) is -1.67. The average Bonchev–Trinajstić information content (AvgIpc) is 3.22. The molecule has 2 atom stereocenters. The molecule has 2 amide bonds. The third-order valence-corrected chi connectivity index (χ3v) is 6.74. The molecule has 0 aliphatic heterocycles. The molecule has 3 aromatic carbocycles. The Hall–Kier alpha value is -4.63. The van der Waals surface area contributed by atoms with Gasteiger partial charge < -0.3 is 15.2 Å². The highest BCUT2D eigenvalue weighted by molar-refractivity contribution is 6.30. The molecule has 40 heavy (non-hydrogen) atoms. The number of rotatable bonds is 9. The number of carbonyl (C=O) groups is 3. The standard InChI is InChI=1S/C30H29ClN4O5/c1-18-26(33-30(39)40-19(2)21-7-5-4-6-8-21)27(34-35(18)3)22-11-13-23(14-12-22)28(36)32-25(29(37)38)17-20-9-15-24(31)16-10-20/h4-16,19,25H,17H2,1-3H3,(H,32,36)(H,33,39)(H,37,38)/t19-,25-/m1/s1. The van der Waals surface area contributed by atoms with Crippen molar-refractivity contribution in [2.75, 3.05) is 5.32 Å². The van der Waals surface area contributed by atoms with E-state index in [2.05, 4.69) is 15.7 Å². The van der Waals surface area contributed by atoms with Gasteiger partial charge in [0.05, 0.1) is 11.4 Å². The van der Waals surface area contributed by atoms with Gasteiger partial charge in [0.15, 0.2) is 0 Å². The molecule has 0 bridgehead atoms. The first-order valence-electron chi connectivity index (χ1n) is 12.6. The molecule has 0 aliphatic rings. The predicted molar refractivity (Wildman–Crippen MR) is 152 cm³/mol. The summed E-state index contributed by atoms with van der Waals surface area (Å²) in [5, 5.41) is 20.1. The molecule has 1 aromatic heterocycles. The number of benzene rings is 3. The minimum atomic E-state index is -1.15. The molecule has 0 saturated carbocycles. The lowest BCUT2D eigenvalue weighted by Gasteiger charge is -2.15. The summed E-state index contributed by atoms with van der Waals surface area (Å²) in [7, 11) is 1.76. The van der Waals surface area contributed by atoms with E-state index in [1.807, 2.05) is 37.3 Å². The highest BCUT2D eigenvalue weighted by Gasteiger charge is 2.23. The molecule has 4 rings (SSSR count). The largest absolute Gasteiger partial charge is 0.480 e. The molecular formula is C30H29ClN4O5. The predicted octanol–water partition coefficient (Wildman–Crippen LogP) is 5.78. The number of nitrogens with zero attached hydrogens (tertiary/aromatic N) is 2. The van der Waals surface area contributed by atoms with Crippen LogP contribution in [0, 0.1) is 6.92 Å². The molecule has 0 unspecified atom stereocenters. The van der Waals surface area contributed by atoms with Crippen molar-refractivity contribution < 1.29 is 24.2 Å². The van der Waals surface area contributed by atoms with Gasteiger partial charge in [0.1, 0.15) is 17.8 Å². The second kappa shape index (κ2) is 12.5. The van der Waals surface area contributed by atoms with Crippen molar-refractivity contribution in [1.29, 1.82) is 0 Å². The lowest BCUT2D eigenvalue weighted by atomic mass is 10.0. The summed E-state index contributed by atoms with van der Waals surface area (Å²) >= 11 is 5.90. The van der Waals surface area contributed by atoms with E-state index >= 15 is 0 Å². The molecule has 4 aromatic rings. The van der Waals surface area contributed by atoms with Gasteiger partial charge in [-0.05, 0) is 49.2 Å². The number of carboxylic acids is 1. The quantitative estimate of drug-likeness (QED) is 0.238. The Morgan fingerprint density at radius 3 is 2.27 bits per heavy atom. The van der Waals surface area contributed by atoms with Crippen LogP contribution < -0.4 is 10.6 Å². The number of halogens is 1. The van der Waals surface area contributed by atoms with Crippen molar-refractivity contribution in [2.45, 2.75) is 32.4 Å². The summed E-state index contributed by atoms with van der Waals surface area (Å²) in [6.45, 7) is 3.61. The zero-order chi connectivity index (χ0) is 28.8. The Kier molecular flexibility index (Phi) is 8.86. The Morgan fingerprint density at radius 1 is 1.00 bits per heavy atom. The molecule has 206 valence electrons. The first-order chi connectivity index (χ1) is 19.1. The van der Waals surface area contributed by atoms with E-state index < -0.39 is 30.1 Å². The number of anilines is 1. The number of hydrogen-bond donors (Lipinski definition) is 3. The van der Waals surface area contributed by atoms with Gasteiger partial charge >= 0.3 is 12.1 Å². The van der Waals surface area contributed by atoms with Gasteiger partial charge in [-0.15, -0.1) is 0 Å². The van der Waals surface area contributed by atoms with Gasteiger partial charge in [-0.1, -0.05) is 66.2 Å². The third kappa shape index (κ3) is 6.86. The Bertz CT molecular complexity index is 1500. The maximum atomic E-state index is 12.9. The fourth-order valence-corrected chi connectivity index (χ4v) is 4.25. The van der Waals surface area contributed by atoms with Gasteiger partial charge in [0, 0.05) is 29.6 Å². The van der Waals surface area contributed by atoms with Gasteiger partial charge in [0.2, 0.25) is 0 Å². The molecule has 0 aliphatic carbocycles. The monoisotopic (exact) mass is 560 g/mol. The van der Waals surface area contributed by atoms with E-state index in [9.17, 15) is 19.5 Å². The van der Waals surface area contributed by atoms with Crippen molar-refractivity contribution >= 4 is 35.3 Å². The molecule has 0 spiro atoms. The molecule has 3 N–H and O–H groups in total. The molecule has 1 heterocycles. The summed E-state index contributed by atoms with van der Waals surface area (Å²) in [4.78, 5) is 37.4. The number of carboxylic acid groups (broad SMARTS) is 1. The smallest absolute Gasteiger partial charge is 0.412 e. The number of carbonyl (C=O) groups excluding carboxylic acids is 2. The number of ether oxygens (including phenoxy) is 1. The molecule has 0 radical (unpaired) electrons. The minimum absolute atomic E-state index is 0.109. The first kappa shape index (κ1) is 28.4. The van der Waals surface area contributed by atoms with Crippen molar-refractivity contribution in [1.82, 2.24) is 15.1 Å². The number of aromatic nitrogens is 2. The molecule has 0 saturated heterocycles. The zero-order valence-electron chi connectivity index (χ0n) is 22.2. The van der Waals surface area contributed by atoms with Gasteiger partial charge in [-0.3, -0.25) is 14.8 Å². The van der Waals surface area contributed by atoms with Gasteiger partial charge in [-0.25, -0.2) is 9.59 Å². The number of aliphatic carboxylic acids is 1. The number of amides is 2. The van der Waals surface area contributed by atoms with Crippen LogP contribution in [0.5, 0.6) is 0 Å². The fourth-order valence-electron chi connectivity index (χ4n) is 4.12. The van der Waals surface area contributed by atoms with Crippen LogP contribution in [0.2, 0.25) is 5.02 Å². The molecule has 0 fully saturated rings. The third-order valence-electron chi connectivity index (χ3n) is 6.49. The second-order valence-electron chi connectivity index (χ2n) is 9.29. The maximum absolute atomic E-state index is 12.9. The van der Waals surface area contributed by atoms with Crippen molar-refractivity contribution in [3.8, 4) is 11.3 Å².